The third kappa shape index (κ3) is 4.66. The predicted molar refractivity (Wildman–Crippen MR) is 63.8 cm³/mol. The fourth-order valence-electron chi connectivity index (χ4n) is 1.20. The molecule has 0 spiro atoms. The van der Waals surface area contributed by atoms with E-state index in [4.69, 9.17) is 0 Å². The molecule has 0 amide bonds. The molecule has 0 radical (unpaired) electrons. The van der Waals surface area contributed by atoms with Crippen LogP contribution in [0.1, 0.15) is 18.9 Å². The molecule has 0 bridgehead atoms. The van der Waals surface area contributed by atoms with Crippen molar-refractivity contribution in [1.29, 1.82) is 0 Å². The number of halogens is 1. The second-order valence-electron chi connectivity index (χ2n) is 3.53. The summed E-state index contributed by atoms with van der Waals surface area (Å²) in [7, 11) is 1.39. The van der Waals surface area contributed by atoms with Gasteiger partial charge >= 0.3 is 5.97 Å². The van der Waals surface area contributed by atoms with Gasteiger partial charge in [0.15, 0.2) is 0 Å². The monoisotopic (exact) mass is 242 g/mol. The van der Waals surface area contributed by atoms with Gasteiger partial charge in [0.25, 0.3) is 0 Å². The van der Waals surface area contributed by atoms with Gasteiger partial charge in [0.2, 0.25) is 0 Å². The normalized spacial score (nSPS) is 12.2. The minimum atomic E-state index is -0.226. The van der Waals surface area contributed by atoms with E-state index in [0.29, 0.717) is 6.42 Å². The largest absolute Gasteiger partial charge is 0.469 e. The topological polar surface area (TPSA) is 26.3 Å². The Kier molecular flexibility index (Phi) is 5.32. The second kappa shape index (κ2) is 6.53. The summed E-state index contributed by atoms with van der Waals surface area (Å²) in [6.07, 6.45) is 0.405. The number of thioether (sulfide) groups is 1. The lowest BCUT2D eigenvalue weighted by atomic mass is 10.2. The molecule has 88 valence electrons. The van der Waals surface area contributed by atoms with Gasteiger partial charge in [-0.3, -0.25) is 4.79 Å². The highest BCUT2D eigenvalue weighted by molar-refractivity contribution is 7.99. The molecule has 1 rings (SSSR count). The summed E-state index contributed by atoms with van der Waals surface area (Å²) >= 11 is 1.66. The molecular formula is C12H15FO2S. The van der Waals surface area contributed by atoms with Gasteiger partial charge in [-0.1, -0.05) is 19.1 Å². The molecule has 1 aromatic rings. The van der Waals surface area contributed by atoms with Crippen molar-refractivity contribution >= 4 is 17.7 Å². The number of hydrogen-bond acceptors (Lipinski definition) is 3. The van der Waals surface area contributed by atoms with Crippen molar-refractivity contribution in [1.82, 2.24) is 0 Å². The number of hydrogen-bond donors (Lipinski definition) is 0. The van der Waals surface area contributed by atoms with Crippen LogP contribution in [-0.4, -0.2) is 18.3 Å². The third-order valence-electron chi connectivity index (χ3n) is 2.13. The molecule has 2 nitrogen and oxygen atoms in total. The van der Waals surface area contributed by atoms with E-state index in [2.05, 4.69) is 4.74 Å². The van der Waals surface area contributed by atoms with Crippen LogP contribution in [0.3, 0.4) is 0 Å². The molecule has 0 aromatic heterocycles. The Morgan fingerprint density at radius 2 is 2.06 bits per heavy atom. The third-order valence-corrected chi connectivity index (χ3v) is 3.37. The molecule has 1 aromatic carbocycles. The summed E-state index contributed by atoms with van der Waals surface area (Å²) in [6, 6.07) is 6.40. The molecule has 4 heteroatoms. The molecule has 0 saturated carbocycles. The average molecular weight is 242 g/mol. The molecule has 0 heterocycles. The van der Waals surface area contributed by atoms with Crippen molar-refractivity contribution < 1.29 is 13.9 Å². The Hall–Kier alpha value is -1.03. The lowest BCUT2D eigenvalue weighted by Crippen LogP contribution is -2.08. The Balaban J connectivity index is 2.34. The molecule has 16 heavy (non-hydrogen) atoms. The van der Waals surface area contributed by atoms with Crippen molar-refractivity contribution in [2.24, 2.45) is 0 Å². The van der Waals surface area contributed by atoms with E-state index in [1.54, 1.807) is 23.9 Å². The van der Waals surface area contributed by atoms with E-state index in [1.807, 2.05) is 6.92 Å². The number of carbonyl (C=O) groups is 1. The fraction of sp³-hybridized carbons (Fsp3) is 0.417. The maximum absolute atomic E-state index is 12.6. The Morgan fingerprint density at radius 1 is 1.44 bits per heavy atom. The summed E-state index contributed by atoms with van der Waals surface area (Å²) < 4.78 is 17.2. The first kappa shape index (κ1) is 13.0. The van der Waals surface area contributed by atoms with Crippen LogP contribution in [0.5, 0.6) is 0 Å². The van der Waals surface area contributed by atoms with Gasteiger partial charge in [0.1, 0.15) is 5.82 Å². The highest BCUT2D eigenvalue weighted by Gasteiger charge is 2.09. The lowest BCUT2D eigenvalue weighted by molar-refractivity contribution is -0.140. The van der Waals surface area contributed by atoms with E-state index in [1.165, 1.54) is 19.2 Å². The molecule has 1 atom stereocenters. The van der Waals surface area contributed by atoms with Crippen LogP contribution < -0.4 is 0 Å². The smallest absolute Gasteiger partial charge is 0.306 e. The molecular weight excluding hydrogens is 227 g/mol. The zero-order valence-electron chi connectivity index (χ0n) is 9.40. The van der Waals surface area contributed by atoms with E-state index in [9.17, 15) is 9.18 Å². The molecule has 0 aliphatic rings. The van der Waals surface area contributed by atoms with E-state index < -0.39 is 0 Å². The molecule has 0 aliphatic heterocycles. The minimum absolute atomic E-state index is 0.195. The molecule has 0 fully saturated rings. The van der Waals surface area contributed by atoms with E-state index >= 15 is 0 Å². The number of esters is 1. The van der Waals surface area contributed by atoms with Gasteiger partial charge in [0.05, 0.1) is 13.5 Å². The molecule has 0 saturated heterocycles. The number of rotatable bonds is 5. The van der Waals surface area contributed by atoms with Gasteiger partial charge in [0, 0.05) is 11.0 Å². The number of carbonyl (C=O) groups excluding carboxylic acids is 1. The maximum Gasteiger partial charge on any atom is 0.306 e. The zero-order chi connectivity index (χ0) is 12.0. The summed E-state index contributed by atoms with van der Waals surface area (Å²) in [4.78, 5) is 11.0. The van der Waals surface area contributed by atoms with Gasteiger partial charge in [-0.25, -0.2) is 4.39 Å². The Labute approximate surface area is 99.2 Å². The van der Waals surface area contributed by atoms with Crippen molar-refractivity contribution in [3.8, 4) is 0 Å². The van der Waals surface area contributed by atoms with Crippen LogP contribution in [0.4, 0.5) is 4.39 Å². The average Bonchev–Trinajstić information content (AvgIpc) is 2.28. The van der Waals surface area contributed by atoms with E-state index in [-0.39, 0.29) is 17.0 Å². The summed E-state index contributed by atoms with van der Waals surface area (Å²) in [6.45, 7) is 1.98. The van der Waals surface area contributed by atoms with Gasteiger partial charge < -0.3 is 4.74 Å². The second-order valence-corrected chi connectivity index (χ2v) is 4.96. The summed E-state index contributed by atoms with van der Waals surface area (Å²) in [5, 5.41) is 0.206. The van der Waals surface area contributed by atoms with Crippen molar-refractivity contribution in [2.75, 3.05) is 7.11 Å². The minimum Gasteiger partial charge on any atom is -0.469 e. The van der Waals surface area contributed by atoms with Crippen LogP contribution in [0.2, 0.25) is 0 Å². The zero-order valence-corrected chi connectivity index (χ0v) is 10.2. The van der Waals surface area contributed by atoms with Crippen molar-refractivity contribution in [3.63, 3.8) is 0 Å². The fourth-order valence-corrected chi connectivity index (χ4v) is 2.12. The van der Waals surface area contributed by atoms with Crippen molar-refractivity contribution in [2.45, 2.75) is 24.3 Å². The first-order valence-electron chi connectivity index (χ1n) is 5.04. The molecule has 0 N–H and O–H groups in total. The van der Waals surface area contributed by atoms with Crippen LogP contribution in [0.25, 0.3) is 0 Å². The highest BCUT2D eigenvalue weighted by Crippen LogP contribution is 2.20. The highest BCUT2D eigenvalue weighted by atomic mass is 32.2. The Bertz CT molecular complexity index is 337. The van der Waals surface area contributed by atoms with E-state index in [0.717, 1.165) is 11.3 Å². The first-order chi connectivity index (χ1) is 7.61. The SMILES string of the molecule is COC(=O)CC(C)SCc1ccc(F)cc1. The van der Waals surface area contributed by atoms with Crippen molar-refractivity contribution in [3.05, 3.63) is 35.6 Å². The molecule has 0 aliphatic carbocycles. The maximum atomic E-state index is 12.6. The number of benzene rings is 1. The lowest BCUT2D eigenvalue weighted by Gasteiger charge is -2.09. The Morgan fingerprint density at radius 3 is 2.62 bits per heavy atom. The number of ether oxygens (including phenoxy) is 1. The van der Waals surface area contributed by atoms with Gasteiger partial charge in [-0.2, -0.15) is 11.8 Å². The predicted octanol–water partition coefficient (Wildman–Crippen LogP) is 3.01. The summed E-state index contributed by atoms with van der Waals surface area (Å²) in [5.74, 6) is 0.355. The molecule has 1 unspecified atom stereocenters. The standard InChI is InChI=1S/C12H15FO2S/c1-9(7-12(14)15-2)16-8-10-3-5-11(13)6-4-10/h3-6,9H,7-8H2,1-2H3. The quantitative estimate of drug-likeness (QED) is 0.742. The van der Waals surface area contributed by atoms with Gasteiger partial charge in [-0.15, -0.1) is 0 Å². The number of methoxy groups -OCH3 is 1. The van der Waals surface area contributed by atoms with Crippen LogP contribution in [-0.2, 0) is 15.3 Å². The van der Waals surface area contributed by atoms with Crippen LogP contribution in [0, 0.1) is 5.82 Å². The first-order valence-corrected chi connectivity index (χ1v) is 6.09. The van der Waals surface area contributed by atoms with Crippen LogP contribution >= 0.6 is 11.8 Å². The summed E-state index contributed by atoms with van der Waals surface area (Å²) in [5.41, 5.74) is 1.06. The van der Waals surface area contributed by atoms with Crippen LogP contribution in [0.15, 0.2) is 24.3 Å². The van der Waals surface area contributed by atoms with Gasteiger partial charge in [-0.05, 0) is 17.7 Å².